The SMILES string of the molecule is COCCOCCCNC(=O)CCC(=O)C(CC(C)C)NC(=O)C(CC(=O)CNC(=O)OCCOC(=O)NCCCCC(NC(=O)OCCOC(=O)NCC(=O)CC(Cc1ccccc1)C(=O)NC(CC(C)C)C(=O)CCC(=O)NCCCOCCOC)C(=O)CNC(=O)OC(C)(C)C)Cc1ccccc1. The van der Waals surface area contributed by atoms with Crippen molar-refractivity contribution in [3.05, 3.63) is 71.8 Å². The molecule has 0 aliphatic rings. The van der Waals surface area contributed by atoms with E-state index in [9.17, 15) is 67.1 Å². The number of hydrogen-bond acceptors (Lipinski definition) is 23. The second-order valence-corrected chi connectivity index (χ2v) is 26.9. The standard InChI is InChI=1S/C74H115N9O23/c1-51(2)42-60(62(86)25-27-65(89)75-30-18-32-100-36-34-98-8)81-67(91)55(44-53-20-12-10-13-21-53)46-57(84)48-78-70(94)103-39-38-102-69(93)77-29-17-16-24-59(64(88)50-80-72(96)106-74(5,6)7)83-73(97)105-41-40-104-71(95)79-49-58(85)47-56(45-54-22-14-11-15-23-54)68(92)82-61(43-52(3)4)63(87)26-28-66(90)76-31-19-33-101-37-35-99-9/h10-15,20-23,51-52,55-56,59-61H,16-19,24-50H2,1-9H3,(H,75,89)(H,76,90)(H,77,93)(H,78,94)(H,79,95)(H,80,96)(H,81,91)(H,82,92)(H,83,97). The van der Waals surface area contributed by atoms with Gasteiger partial charge in [-0.2, -0.15) is 0 Å². The van der Waals surface area contributed by atoms with Gasteiger partial charge in [0, 0.05) is 97.4 Å². The molecule has 0 bridgehead atoms. The van der Waals surface area contributed by atoms with Gasteiger partial charge in [0.2, 0.25) is 23.6 Å². The molecule has 106 heavy (non-hydrogen) atoms. The van der Waals surface area contributed by atoms with Gasteiger partial charge in [-0.3, -0.25) is 43.2 Å². The summed E-state index contributed by atoms with van der Waals surface area (Å²) in [7, 11) is 3.14. The summed E-state index contributed by atoms with van der Waals surface area (Å²) in [6, 6.07) is 14.8. The number of Topliss-reactive ketones (excluding diaryl/α,β-unsaturated/α-hetero) is 5. The fourth-order valence-corrected chi connectivity index (χ4v) is 10.2. The summed E-state index contributed by atoms with van der Waals surface area (Å²) in [5.74, 6) is -6.00. The summed E-state index contributed by atoms with van der Waals surface area (Å²) in [5.41, 5.74) is 0.614. The molecule has 0 heterocycles. The van der Waals surface area contributed by atoms with Gasteiger partial charge in [0.15, 0.2) is 28.9 Å². The van der Waals surface area contributed by atoms with E-state index < -0.39 is 135 Å². The maximum atomic E-state index is 13.9. The van der Waals surface area contributed by atoms with E-state index in [1.807, 2.05) is 27.7 Å². The van der Waals surface area contributed by atoms with E-state index in [-0.39, 0.29) is 125 Å². The third-order valence-corrected chi connectivity index (χ3v) is 15.4. The van der Waals surface area contributed by atoms with Gasteiger partial charge in [0.05, 0.1) is 64.2 Å². The van der Waals surface area contributed by atoms with Gasteiger partial charge in [-0.15, -0.1) is 0 Å². The van der Waals surface area contributed by atoms with Crippen molar-refractivity contribution in [3.63, 3.8) is 0 Å². The largest absolute Gasteiger partial charge is 0.446 e. The molecular weight excluding hydrogens is 1380 g/mol. The van der Waals surface area contributed by atoms with Crippen molar-refractivity contribution in [1.29, 1.82) is 0 Å². The zero-order chi connectivity index (χ0) is 78.5. The molecule has 0 fully saturated rings. The van der Waals surface area contributed by atoms with Gasteiger partial charge in [-0.05, 0) is 102 Å². The highest BCUT2D eigenvalue weighted by Crippen LogP contribution is 2.19. The second-order valence-electron chi connectivity index (χ2n) is 26.9. The lowest BCUT2D eigenvalue weighted by Crippen LogP contribution is -2.46. The molecule has 5 unspecified atom stereocenters. The minimum absolute atomic E-state index is 0.00205. The van der Waals surface area contributed by atoms with Gasteiger partial charge < -0.3 is 90.5 Å². The Morgan fingerprint density at radius 3 is 1.19 bits per heavy atom. The Morgan fingerprint density at radius 1 is 0.387 bits per heavy atom. The Kier molecular flexibility index (Phi) is 48.5. The minimum atomic E-state index is -1.23. The molecule has 0 aliphatic carbocycles. The van der Waals surface area contributed by atoms with Crippen LogP contribution in [-0.2, 0) is 98.6 Å². The van der Waals surface area contributed by atoms with Gasteiger partial charge >= 0.3 is 30.5 Å². The molecule has 9 amide bonds. The summed E-state index contributed by atoms with van der Waals surface area (Å²) < 4.78 is 46.3. The Bertz CT molecular complexity index is 3010. The van der Waals surface area contributed by atoms with Crippen LogP contribution in [-0.4, -0.2) is 226 Å². The number of ether oxygens (including phenoxy) is 9. The number of amides is 9. The first kappa shape index (κ1) is 92.9. The van der Waals surface area contributed by atoms with Crippen molar-refractivity contribution in [2.24, 2.45) is 23.7 Å². The van der Waals surface area contributed by atoms with Crippen LogP contribution in [0.3, 0.4) is 0 Å². The van der Waals surface area contributed by atoms with Crippen LogP contribution in [0.2, 0.25) is 0 Å². The van der Waals surface area contributed by atoms with E-state index in [0.29, 0.717) is 72.0 Å². The number of carbonyl (C=O) groups is 14. The Balaban J connectivity index is 1.88. The van der Waals surface area contributed by atoms with E-state index in [0.717, 1.165) is 11.1 Å². The average molecular weight is 1500 g/mol. The molecule has 0 spiro atoms. The van der Waals surface area contributed by atoms with Gasteiger partial charge in [0.25, 0.3) is 0 Å². The van der Waals surface area contributed by atoms with Crippen molar-refractivity contribution in [2.45, 2.75) is 169 Å². The highest BCUT2D eigenvalue weighted by molar-refractivity contribution is 5.96. The topological polar surface area (TPSA) is 430 Å². The molecule has 594 valence electrons. The number of alkyl carbamates (subject to hydrolysis) is 5. The second kappa shape index (κ2) is 55.3. The van der Waals surface area contributed by atoms with Crippen molar-refractivity contribution in [1.82, 2.24) is 47.9 Å². The number of nitrogens with one attached hydrogen (secondary N) is 9. The van der Waals surface area contributed by atoms with Crippen molar-refractivity contribution >= 4 is 83.0 Å². The van der Waals surface area contributed by atoms with Crippen LogP contribution in [0.1, 0.15) is 143 Å². The lowest BCUT2D eigenvalue weighted by Gasteiger charge is -2.23. The van der Waals surface area contributed by atoms with Crippen molar-refractivity contribution < 1.29 is 110 Å². The van der Waals surface area contributed by atoms with Crippen LogP contribution in [0.15, 0.2) is 60.7 Å². The fourth-order valence-electron chi connectivity index (χ4n) is 10.2. The van der Waals surface area contributed by atoms with Crippen LogP contribution < -0.4 is 47.9 Å². The average Bonchev–Trinajstić information content (AvgIpc) is 0.872. The lowest BCUT2D eigenvalue weighted by molar-refractivity contribution is -0.133. The zero-order valence-electron chi connectivity index (χ0n) is 63.1. The first-order valence-corrected chi connectivity index (χ1v) is 36.2. The summed E-state index contributed by atoms with van der Waals surface area (Å²) >= 11 is 0. The van der Waals surface area contributed by atoms with Crippen molar-refractivity contribution in [2.75, 3.05) is 120 Å². The summed E-state index contributed by atoms with van der Waals surface area (Å²) in [6.07, 6.45) is -3.46. The lowest BCUT2D eigenvalue weighted by atomic mass is 9.91. The molecular formula is C74H115N9O23. The number of ketones is 5. The van der Waals surface area contributed by atoms with Crippen molar-refractivity contribution in [3.8, 4) is 0 Å². The van der Waals surface area contributed by atoms with Gasteiger partial charge in [0.1, 0.15) is 32.0 Å². The minimum Gasteiger partial charge on any atom is -0.446 e. The first-order chi connectivity index (χ1) is 50.6. The fraction of sp³-hybridized carbons (Fsp3) is 0.649. The Hall–Kier alpha value is -9.14. The van der Waals surface area contributed by atoms with Crippen LogP contribution in [0.5, 0.6) is 0 Å². The summed E-state index contributed by atoms with van der Waals surface area (Å²) in [6.45, 7) is 12.5. The van der Waals surface area contributed by atoms with Crippen LogP contribution >= 0.6 is 0 Å². The number of benzene rings is 2. The zero-order valence-corrected chi connectivity index (χ0v) is 63.1. The highest BCUT2D eigenvalue weighted by atomic mass is 16.6. The molecule has 2 aromatic carbocycles. The Morgan fingerprint density at radius 2 is 0.783 bits per heavy atom. The van der Waals surface area contributed by atoms with Gasteiger partial charge in [-0.1, -0.05) is 88.4 Å². The quantitative estimate of drug-likeness (QED) is 0.0301. The molecule has 2 rings (SSSR count). The molecule has 0 aliphatic heterocycles. The van der Waals surface area contributed by atoms with E-state index >= 15 is 0 Å². The van der Waals surface area contributed by atoms with Gasteiger partial charge in [-0.25, -0.2) is 24.0 Å². The maximum absolute atomic E-state index is 13.9. The summed E-state index contributed by atoms with van der Waals surface area (Å²) in [4.78, 5) is 183. The molecule has 9 N–H and O–H groups in total. The van der Waals surface area contributed by atoms with E-state index in [4.69, 9.17) is 42.6 Å². The van der Waals surface area contributed by atoms with E-state index in [2.05, 4.69) is 47.9 Å². The smallest absolute Gasteiger partial charge is 0.408 e. The van der Waals surface area contributed by atoms with Crippen LogP contribution in [0.4, 0.5) is 24.0 Å². The van der Waals surface area contributed by atoms with Crippen LogP contribution in [0, 0.1) is 23.7 Å². The molecule has 0 saturated carbocycles. The number of carbonyl (C=O) groups excluding carboxylic acids is 14. The maximum Gasteiger partial charge on any atom is 0.408 e. The number of rotatable bonds is 57. The molecule has 5 atom stereocenters. The summed E-state index contributed by atoms with van der Waals surface area (Å²) in [5, 5.41) is 23.1. The predicted molar refractivity (Wildman–Crippen MR) is 388 cm³/mol. The molecule has 0 aromatic heterocycles. The third kappa shape index (κ3) is 47.3. The molecule has 0 radical (unpaired) electrons. The monoisotopic (exact) mass is 1500 g/mol. The highest BCUT2D eigenvalue weighted by Gasteiger charge is 2.31. The first-order valence-electron chi connectivity index (χ1n) is 36.2. The van der Waals surface area contributed by atoms with Crippen LogP contribution in [0.25, 0.3) is 0 Å². The number of unbranched alkanes of at least 4 members (excludes halogenated alkanes) is 1. The normalized spacial score (nSPS) is 12.5. The number of hydrogen-bond donors (Lipinski definition) is 9. The predicted octanol–water partition coefficient (Wildman–Crippen LogP) is 5.26. The molecule has 2 aromatic rings. The molecule has 32 heteroatoms. The van der Waals surface area contributed by atoms with E-state index in [1.54, 1.807) is 95.7 Å². The van der Waals surface area contributed by atoms with E-state index in [1.165, 1.54) is 0 Å². The number of methoxy groups -OCH3 is 2. The third-order valence-electron chi connectivity index (χ3n) is 15.4. The Labute approximate surface area is 621 Å². The molecule has 32 nitrogen and oxygen atoms in total. The molecule has 0 saturated heterocycles.